The Morgan fingerprint density at radius 3 is 2.05 bits per heavy atom. The number of aromatic nitrogens is 1. The van der Waals surface area contributed by atoms with E-state index in [4.69, 9.17) is 9.47 Å². The monoisotopic (exact) mass is 585 g/mol. The lowest BCUT2D eigenvalue weighted by molar-refractivity contribution is -0.143. The molecule has 3 heterocycles. The number of carbonyl (C=O) groups is 1. The molecule has 3 unspecified atom stereocenters. The molecule has 0 aliphatic carbocycles. The minimum absolute atomic E-state index is 0.0203. The van der Waals surface area contributed by atoms with Crippen LogP contribution >= 0.6 is 0 Å². The molecule has 2 aromatic rings. The average molecular weight is 585 g/mol. The second-order valence-corrected chi connectivity index (χ2v) is 9.52. The molecule has 0 saturated carbocycles. The van der Waals surface area contributed by atoms with Crippen LogP contribution in [0, 0.1) is 0 Å². The molecule has 0 N–H and O–H groups in total. The van der Waals surface area contributed by atoms with Crippen molar-refractivity contribution in [2.75, 3.05) is 24.7 Å². The number of halogens is 9. The highest BCUT2D eigenvalue weighted by atomic mass is 19.4. The number of anilines is 1. The summed E-state index contributed by atoms with van der Waals surface area (Å²) in [5.74, 6) is 0.146. The minimum Gasteiger partial charge on any atom is -0.439 e. The topological polar surface area (TPSA) is 54.9 Å². The van der Waals surface area contributed by atoms with Crippen molar-refractivity contribution in [3.63, 3.8) is 0 Å². The number of likely N-dealkylation sites (N-methyl/N-ethyl adjacent to an activating group) is 1. The quantitative estimate of drug-likeness (QED) is 0.348. The second kappa shape index (κ2) is 10.6. The summed E-state index contributed by atoms with van der Waals surface area (Å²) in [6.07, 6.45) is -16.4. The Morgan fingerprint density at radius 2 is 1.55 bits per heavy atom. The van der Waals surface area contributed by atoms with Crippen LogP contribution in [0.5, 0.6) is 0 Å². The van der Waals surface area contributed by atoms with E-state index < -0.39 is 65.6 Å². The number of ether oxygens (including phenoxy) is 2. The summed E-state index contributed by atoms with van der Waals surface area (Å²) in [6.45, 7) is 3.68. The van der Waals surface area contributed by atoms with Gasteiger partial charge in [0.15, 0.2) is 0 Å². The normalized spacial score (nSPS) is 22.1. The number of nitrogens with zero attached hydrogens (tertiary/aromatic N) is 3. The number of carbonyl (C=O) groups excluding carboxylic acids is 1. The van der Waals surface area contributed by atoms with Crippen molar-refractivity contribution in [1.29, 1.82) is 0 Å². The summed E-state index contributed by atoms with van der Waals surface area (Å²) < 4.78 is 131. The Labute approximate surface area is 222 Å². The molecule has 1 amide bonds. The van der Waals surface area contributed by atoms with Crippen LogP contribution in [0.25, 0.3) is 0 Å². The Balaban J connectivity index is 1.71. The van der Waals surface area contributed by atoms with E-state index >= 15 is 0 Å². The van der Waals surface area contributed by atoms with Crippen LogP contribution in [0.2, 0.25) is 0 Å². The van der Waals surface area contributed by atoms with E-state index in [1.54, 1.807) is 11.8 Å². The zero-order valence-electron chi connectivity index (χ0n) is 21.1. The van der Waals surface area contributed by atoms with E-state index in [1.807, 2.05) is 0 Å². The molecule has 4 rings (SSSR count). The van der Waals surface area contributed by atoms with Crippen LogP contribution in [0.1, 0.15) is 54.2 Å². The maximum absolute atomic E-state index is 13.5. The van der Waals surface area contributed by atoms with Crippen molar-refractivity contribution in [2.24, 2.45) is 0 Å². The molecule has 1 aromatic carbocycles. The summed E-state index contributed by atoms with van der Waals surface area (Å²) in [5, 5.41) is 0. The first-order valence-electron chi connectivity index (χ1n) is 12.2. The van der Waals surface area contributed by atoms with Gasteiger partial charge in [0.1, 0.15) is 11.9 Å². The molecule has 2 fully saturated rings. The van der Waals surface area contributed by atoms with E-state index in [-0.39, 0.29) is 23.5 Å². The van der Waals surface area contributed by atoms with Crippen molar-refractivity contribution in [2.45, 2.75) is 63.5 Å². The summed E-state index contributed by atoms with van der Waals surface area (Å²) in [5.41, 5.74) is -4.82. The molecular formula is C25H24F9N3O3. The summed E-state index contributed by atoms with van der Waals surface area (Å²) in [6, 6.07) is 0.362. The van der Waals surface area contributed by atoms with E-state index in [2.05, 4.69) is 4.98 Å². The molecule has 3 atom stereocenters. The third-order valence-corrected chi connectivity index (χ3v) is 6.90. The number of cyclic esters (lactones) is 1. The van der Waals surface area contributed by atoms with Crippen molar-refractivity contribution >= 4 is 11.9 Å². The van der Waals surface area contributed by atoms with Gasteiger partial charge >= 0.3 is 24.6 Å². The van der Waals surface area contributed by atoms with Crippen molar-refractivity contribution < 1.29 is 53.8 Å². The first-order chi connectivity index (χ1) is 18.5. The smallest absolute Gasteiger partial charge is 0.417 e. The van der Waals surface area contributed by atoms with Gasteiger partial charge in [-0.05, 0) is 50.1 Å². The zero-order chi connectivity index (χ0) is 29.6. The van der Waals surface area contributed by atoms with Crippen LogP contribution < -0.4 is 4.90 Å². The number of amides is 1. The molecule has 0 spiro atoms. The van der Waals surface area contributed by atoms with E-state index in [0.717, 1.165) is 11.0 Å². The molecule has 220 valence electrons. The largest absolute Gasteiger partial charge is 0.439 e. The first-order valence-corrected chi connectivity index (χ1v) is 12.2. The molecule has 6 nitrogen and oxygen atoms in total. The van der Waals surface area contributed by atoms with Crippen molar-refractivity contribution in [3.8, 4) is 0 Å². The average Bonchev–Trinajstić information content (AvgIpc) is 3.48. The van der Waals surface area contributed by atoms with Gasteiger partial charge in [-0.3, -0.25) is 4.90 Å². The van der Waals surface area contributed by atoms with Gasteiger partial charge in [-0.1, -0.05) is 0 Å². The molecule has 0 radical (unpaired) electrons. The van der Waals surface area contributed by atoms with Crippen LogP contribution in [-0.2, 0) is 34.5 Å². The predicted octanol–water partition coefficient (Wildman–Crippen LogP) is 6.84. The fraction of sp³-hybridized carbons (Fsp3) is 0.520. The van der Waals surface area contributed by atoms with Crippen molar-refractivity contribution in [1.82, 2.24) is 9.88 Å². The molecule has 2 aliphatic rings. The van der Waals surface area contributed by atoms with Gasteiger partial charge in [0.2, 0.25) is 0 Å². The molecular weight excluding hydrogens is 561 g/mol. The summed E-state index contributed by atoms with van der Waals surface area (Å²) in [7, 11) is 0. The lowest BCUT2D eigenvalue weighted by Gasteiger charge is -2.31. The minimum atomic E-state index is -5.12. The highest BCUT2D eigenvalue weighted by Gasteiger charge is 2.44. The molecule has 1 aromatic heterocycles. The van der Waals surface area contributed by atoms with Gasteiger partial charge in [-0.15, -0.1) is 0 Å². The fourth-order valence-electron chi connectivity index (χ4n) is 4.87. The fourth-order valence-corrected chi connectivity index (χ4v) is 4.87. The van der Waals surface area contributed by atoms with E-state index in [0.29, 0.717) is 44.5 Å². The Morgan fingerprint density at radius 1 is 0.950 bits per heavy atom. The van der Waals surface area contributed by atoms with Gasteiger partial charge in [0.25, 0.3) is 0 Å². The van der Waals surface area contributed by atoms with Crippen LogP contribution in [0.3, 0.4) is 0 Å². The van der Waals surface area contributed by atoms with Gasteiger partial charge in [-0.2, -0.15) is 39.5 Å². The Hall–Kier alpha value is -3.23. The number of rotatable bonds is 6. The Bertz CT molecular complexity index is 1210. The number of pyridine rings is 1. The molecule has 15 heteroatoms. The zero-order valence-corrected chi connectivity index (χ0v) is 21.1. The van der Waals surface area contributed by atoms with Gasteiger partial charge < -0.3 is 14.4 Å². The molecule has 2 saturated heterocycles. The highest BCUT2D eigenvalue weighted by molar-refractivity contribution is 5.71. The van der Waals surface area contributed by atoms with E-state index in [9.17, 15) is 44.3 Å². The molecule has 2 aliphatic heterocycles. The van der Waals surface area contributed by atoms with Crippen LogP contribution in [0.4, 0.5) is 50.1 Å². The highest BCUT2D eigenvalue weighted by Crippen LogP contribution is 2.42. The molecule has 40 heavy (non-hydrogen) atoms. The SMILES string of the molecule is CCN(c1ncc(C(F)(F)F)cc1CN1C(=O)OC(c2cc(C(F)(F)F)cc(C(F)(F)F)c2)C1C)C1CCOC1. The maximum atomic E-state index is 13.5. The van der Waals surface area contributed by atoms with Gasteiger partial charge in [-0.25, -0.2) is 9.78 Å². The van der Waals surface area contributed by atoms with Crippen LogP contribution in [-0.4, -0.2) is 47.8 Å². The van der Waals surface area contributed by atoms with Crippen LogP contribution in [0.15, 0.2) is 30.5 Å². The Kier molecular flexibility index (Phi) is 7.91. The number of hydrogen-bond donors (Lipinski definition) is 0. The second-order valence-electron chi connectivity index (χ2n) is 9.52. The third kappa shape index (κ3) is 6.08. The van der Waals surface area contributed by atoms with Crippen molar-refractivity contribution in [3.05, 3.63) is 58.3 Å². The third-order valence-electron chi connectivity index (χ3n) is 6.90. The molecule has 0 bridgehead atoms. The number of benzene rings is 1. The standard InChI is InChI=1S/C25H24F9N3O3/c1-3-36(19-4-5-39-12-19)21-15(8-18(10-35-21)25(32,33)34)11-37-13(2)20(40-22(37)38)14-6-16(23(26,27)28)9-17(7-14)24(29,30)31/h6-10,13,19-20H,3-5,11-12H2,1-2H3. The van der Waals surface area contributed by atoms with Gasteiger partial charge in [0.05, 0.1) is 41.9 Å². The number of hydrogen-bond acceptors (Lipinski definition) is 5. The predicted molar refractivity (Wildman–Crippen MR) is 122 cm³/mol. The summed E-state index contributed by atoms with van der Waals surface area (Å²) >= 11 is 0. The lowest BCUT2D eigenvalue weighted by Crippen LogP contribution is -2.38. The summed E-state index contributed by atoms with van der Waals surface area (Å²) in [4.78, 5) is 19.5. The maximum Gasteiger partial charge on any atom is 0.417 e. The van der Waals surface area contributed by atoms with E-state index in [1.165, 1.54) is 6.92 Å². The lowest BCUT2D eigenvalue weighted by atomic mass is 9.97. The first kappa shape index (κ1) is 29.7. The number of alkyl halides is 9. The van der Waals surface area contributed by atoms with Gasteiger partial charge in [0, 0.05) is 24.9 Å².